The number of hydrogen-bond donors (Lipinski definition) is 0. The fraction of sp³-hybridized carbons (Fsp3) is 0.350. The van der Waals surface area contributed by atoms with Gasteiger partial charge in [-0.2, -0.15) is 0 Å². The largest absolute Gasteiger partial charge is 0.467 e. The van der Waals surface area contributed by atoms with Crippen LogP contribution in [0.1, 0.15) is 13.8 Å². The van der Waals surface area contributed by atoms with Crippen molar-refractivity contribution in [3.8, 4) is 17.0 Å². The molecule has 28 heavy (non-hydrogen) atoms. The molecule has 1 saturated heterocycles. The van der Waals surface area contributed by atoms with Gasteiger partial charge in [0.15, 0.2) is 6.61 Å². The first kappa shape index (κ1) is 19.1. The predicted octanol–water partition coefficient (Wildman–Crippen LogP) is 4.03. The number of thiophene rings is 1. The van der Waals surface area contributed by atoms with Crippen LogP contribution in [0.2, 0.25) is 5.02 Å². The van der Waals surface area contributed by atoms with Gasteiger partial charge in [-0.1, -0.05) is 23.7 Å². The maximum atomic E-state index is 12.6. The summed E-state index contributed by atoms with van der Waals surface area (Å²) < 4.78 is 11.5. The number of benzene rings is 1. The van der Waals surface area contributed by atoms with Gasteiger partial charge in [0.2, 0.25) is 5.88 Å². The molecule has 0 bridgehead atoms. The highest BCUT2D eigenvalue weighted by molar-refractivity contribution is 7.17. The maximum absolute atomic E-state index is 12.6. The average Bonchev–Trinajstić information content (AvgIpc) is 3.10. The number of nitrogens with zero attached hydrogens (tertiary/aromatic N) is 3. The van der Waals surface area contributed by atoms with Gasteiger partial charge in [-0.25, -0.2) is 9.97 Å². The van der Waals surface area contributed by atoms with Gasteiger partial charge in [-0.05, 0) is 31.5 Å². The standard InChI is InChI=1S/C20H20ClN3O3S/c1-12-7-24(8-13(2)27-12)17(25)9-26-19-18-16(10-28-20(18)23-11-22-19)14-3-5-15(21)6-4-14/h3-6,10-13H,7-9H2,1-2H3/t12-,13-/m1/s1. The maximum Gasteiger partial charge on any atom is 0.260 e. The summed E-state index contributed by atoms with van der Waals surface area (Å²) in [6.07, 6.45) is 1.50. The van der Waals surface area contributed by atoms with Crippen molar-refractivity contribution in [2.45, 2.75) is 26.1 Å². The molecule has 0 saturated carbocycles. The van der Waals surface area contributed by atoms with Crippen LogP contribution >= 0.6 is 22.9 Å². The molecule has 1 aliphatic heterocycles. The second kappa shape index (κ2) is 8.03. The molecule has 0 aliphatic carbocycles. The monoisotopic (exact) mass is 417 g/mol. The minimum Gasteiger partial charge on any atom is -0.467 e. The van der Waals surface area contributed by atoms with Crippen molar-refractivity contribution in [2.75, 3.05) is 19.7 Å². The molecule has 1 amide bonds. The Kier molecular flexibility index (Phi) is 5.48. The Morgan fingerprint density at radius 2 is 1.96 bits per heavy atom. The van der Waals surface area contributed by atoms with Gasteiger partial charge in [0, 0.05) is 29.1 Å². The molecule has 0 N–H and O–H groups in total. The van der Waals surface area contributed by atoms with Crippen LogP contribution in [0, 0.1) is 0 Å². The van der Waals surface area contributed by atoms with Crippen molar-refractivity contribution in [1.29, 1.82) is 0 Å². The van der Waals surface area contributed by atoms with E-state index in [4.69, 9.17) is 21.1 Å². The quantitative estimate of drug-likeness (QED) is 0.641. The fourth-order valence-corrected chi connectivity index (χ4v) is 4.43. The van der Waals surface area contributed by atoms with E-state index in [1.54, 1.807) is 4.90 Å². The third-order valence-electron chi connectivity index (χ3n) is 4.60. The van der Waals surface area contributed by atoms with E-state index in [0.29, 0.717) is 24.0 Å². The zero-order valence-corrected chi connectivity index (χ0v) is 17.2. The molecule has 6 nitrogen and oxygen atoms in total. The van der Waals surface area contributed by atoms with E-state index in [-0.39, 0.29) is 24.7 Å². The van der Waals surface area contributed by atoms with Gasteiger partial charge in [-0.3, -0.25) is 4.79 Å². The SMILES string of the molecule is C[C@@H]1CN(C(=O)COc2ncnc3scc(-c4ccc(Cl)cc4)c23)C[C@@H](C)O1. The van der Waals surface area contributed by atoms with E-state index in [1.807, 2.05) is 43.5 Å². The fourth-order valence-electron chi connectivity index (χ4n) is 3.40. The molecule has 0 spiro atoms. The van der Waals surface area contributed by atoms with Crippen molar-refractivity contribution < 1.29 is 14.3 Å². The topological polar surface area (TPSA) is 64.6 Å². The first-order valence-corrected chi connectivity index (χ1v) is 10.3. The summed E-state index contributed by atoms with van der Waals surface area (Å²) in [7, 11) is 0. The molecule has 0 unspecified atom stereocenters. The van der Waals surface area contributed by atoms with E-state index >= 15 is 0 Å². The number of fused-ring (bicyclic) bond motifs is 1. The van der Waals surface area contributed by atoms with Gasteiger partial charge in [0.1, 0.15) is 11.2 Å². The van der Waals surface area contributed by atoms with Crippen molar-refractivity contribution >= 4 is 39.1 Å². The Hall–Kier alpha value is -2.22. The highest BCUT2D eigenvalue weighted by Gasteiger charge is 2.26. The van der Waals surface area contributed by atoms with E-state index in [2.05, 4.69) is 9.97 Å². The van der Waals surface area contributed by atoms with E-state index < -0.39 is 0 Å². The molecule has 3 heterocycles. The van der Waals surface area contributed by atoms with Crippen LogP contribution in [0.15, 0.2) is 36.0 Å². The highest BCUT2D eigenvalue weighted by Crippen LogP contribution is 2.37. The minimum absolute atomic E-state index is 0.0202. The van der Waals surface area contributed by atoms with Crippen molar-refractivity contribution in [3.63, 3.8) is 0 Å². The molecule has 1 fully saturated rings. The van der Waals surface area contributed by atoms with Crippen LogP contribution in [0.25, 0.3) is 21.3 Å². The summed E-state index contributed by atoms with van der Waals surface area (Å²) in [6.45, 7) is 5.00. The third kappa shape index (κ3) is 3.97. The average molecular weight is 418 g/mol. The van der Waals surface area contributed by atoms with Crippen molar-refractivity contribution in [1.82, 2.24) is 14.9 Å². The summed E-state index contributed by atoms with van der Waals surface area (Å²) in [5.74, 6) is 0.343. The Morgan fingerprint density at radius 3 is 2.68 bits per heavy atom. The lowest BCUT2D eigenvalue weighted by Gasteiger charge is -2.35. The van der Waals surface area contributed by atoms with Gasteiger partial charge >= 0.3 is 0 Å². The second-order valence-corrected chi connectivity index (χ2v) is 8.15. The molecule has 2 atom stereocenters. The Morgan fingerprint density at radius 1 is 1.25 bits per heavy atom. The Labute approximate surface area is 172 Å². The molecular weight excluding hydrogens is 398 g/mol. The Balaban J connectivity index is 1.56. The third-order valence-corrected chi connectivity index (χ3v) is 5.73. The molecule has 1 aliphatic rings. The Bertz CT molecular complexity index is 982. The summed E-state index contributed by atoms with van der Waals surface area (Å²) in [5.41, 5.74) is 1.96. The number of hydrogen-bond acceptors (Lipinski definition) is 6. The molecule has 3 aromatic rings. The number of morpholine rings is 1. The van der Waals surface area contributed by atoms with E-state index in [1.165, 1.54) is 17.7 Å². The lowest BCUT2D eigenvalue weighted by atomic mass is 10.1. The number of carbonyl (C=O) groups excluding carboxylic acids is 1. The number of rotatable bonds is 4. The first-order valence-electron chi connectivity index (χ1n) is 9.05. The van der Waals surface area contributed by atoms with Crippen LogP contribution < -0.4 is 4.74 Å². The van der Waals surface area contributed by atoms with Gasteiger partial charge < -0.3 is 14.4 Å². The minimum atomic E-state index is -0.0722. The molecule has 1 aromatic carbocycles. The van der Waals surface area contributed by atoms with E-state index in [9.17, 15) is 4.79 Å². The number of aromatic nitrogens is 2. The summed E-state index contributed by atoms with van der Waals surface area (Å²) in [5, 5.41) is 3.50. The van der Waals surface area contributed by atoms with Gasteiger partial charge in [0.05, 0.1) is 17.6 Å². The predicted molar refractivity (Wildman–Crippen MR) is 110 cm³/mol. The molecule has 2 aromatic heterocycles. The van der Waals surface area contributed by atoms with Crippen LogP contribution in [0.4, 0.5) is 0 Å². The highest BCUT2D eigenvalue weighted by atomic mass is 35.5. The smallest absolute Gasteiger partial charge is 0.260 e. The van der Waals surface area contributed by atoms with Gasteiger partial charge in [-0.15, -0.1) is 11.3 Å². The first-order chi connectivity index (χ1) is 13.5. The number of ether oxygens (including phenoxy) is 2. The lowest BCUT2D eigenvalue weighted by Crippen LogP contribution is -2.49. The number of amides is 1. The van der Waals surface area contributed by atoms with Crippen LogP contribution in [0.5, 0.6) is 5.88 Å². The second-order valence-electron chi connectivity index (χ2n) is 6.86. The number of halogens is 1. The van der Waals surface area contributed by atoms with Crippen LogP contribution in [-0.4, -0.2) is 52.7 Å². The van der Waals surface area contributed by atoms with Crippen molar-refractivity contribution in [3.05, 3.63) is 41.0 Å². The summed E-state index contributed by atoms with van der Waals surface area (Å²) in [4.78, 5) is 23.8. The van der Waals surface area contributed by atoms with Crippen molar-refractivity contribution in [2.24, 2.45) is 0 Å². The van der Waals surface area contributed by atoms with Crippen LogP contribution in [-0.2, 0) is 9.53 Å². The van der Waals surface area contributed by atoms with Crippen LogP contribution in [0.3, 0.4) is 0 Å². The normalized spacial score (nSPS) is 19.8. The van der Waals surface area contributed by atoms with Gasteiger partial charge in [0.25, 0.3) is 5.91 Å². The zero-order chi connectivity index (χ0) is 19.7. The number of carbonyl (C=O) groups is 1. The summed E-state index contributed by atoms with van der Waals surface area (Å²) >= 11 is 7.52. The molecule has 8 heteroatoms. The summed E-state index contributed by atoms with van der Waals surface area (Å²) in [6, 6.07) is 7.58. The molecule has 4 rings (SSSR count). The lowest BCUT2D eigenvalue weighted by molar-refractivity contribution is -0.145. The zero-order valence-electron chi connectivity index (χ0n) is 15.6. The molecule has 146 valence electrons. The molecule has 0 radical (unpaired) electrons. The molecular formula is C20H20ClN3O3S. The van der Waals surface area contributed by atoms with E-state index in [0.717, 1.165) is 21.3 Å².